The van der Waals surface area contributed by atoms with E-state index >= 15 is 0 Å². The molecule has 1 atom stereocenters. The van der Waals surface area contributed by atoms with E-state index in [9.17, 15) is 9.90 Å². The summed E-state index contributed by atoms with van der Waals surface area (Å²) >= 11 is 0. The Labute approximate surface area is 107 Å². The van der Waals surface area contributed by atoms with Gasteiger partial charge in [-0.15, -0.1) is 0 Å². The first-order chi connectivity index (χ1) is 8.30. The van der Waals surface area contributed by atoms with Crippen molar-refractivity contribution in [1.82, 2.24) is 9.78 Å². The lowest BCUT2D eigenvalue weighted by Gasteiger charge is -2.19. The Morgan fingerprint density at radius 3 is 2.72 bits per heavy atom. The van der Waals surface area contributed by atoms with E-state index in [1.54, 1.807) is 18.7 Å². The molecule has 2 rings (SSSR count). The molecule has 1 aliphatic rings. The number of hydrogen-bond donors (Lipinski definition) is 2. The molecule has 0 aromatic carbocycles. The van der Waals surface area contributed by atoms with Crippen molar-refractivity contribution in [3.8, 4) is 0 Å². The van der Waals surface area contributed by atoms with Crippen LogP contribution in [0.2, 0.25) is 0 Å². The molecule has 0 aliphatic heterocycles. The smallest absolute Gasteiger partial charge is 0.341 e. The van der Waals surface area contributed by atoms with Gasteiger partial charge in [0, 0.05) is 13.1 Å². The van der Waals surface area contributed by atoms with Crippen molar-refractivity contribution in [2.45, 2.75) is 46.1 Å². The Bertz CT molecular complexity index is 477. The van der Waals surface area contributed by atoms with E-state index < -0.39 is 5.97 Å². The minimum atomic E-state index is -0.916. The molecule has 1 aromatic rings. The maximum Gasteiger partial charge on any atom is 0.341 e. The molecular weight excluding hydrogens is 230 g/mol. The van der Waals surface area contributed by atoms with Gasteiger partial charge in [0.05, 0.1) is 5.69 Å². The third-order valence-electron chi connectivity index (χ3n) is 3.75. The second-order valence-electron chi connectivity index (χ2n) is 5.99. The fourth-order valence-electron chi connectivity index (χ4n) is 2.83. The number of aromatic nitrogens is 2. The zero-order chi connectivity index (χ0) is 13.5. The molecule has 1 fully saturated rings. The van der Waals surface area contributed by atoms with Crippen LogP contribution in [0, 0.1) is 12.3 Å². The van der Waals surface area contributed by atoms with Crippen LogP contribution in [0.5, 0.6) is 0 Å². The van der Waals surface area contributed by atoms with Crippen molar-refractivity contribution in [2.75, 3.05) is 5.32 Å². The topological polar surface area (TPSA) is 67.2 Å². The molecule has 0 spiro atoms. The number of nitrogens with zero attached hydrogens (tertiary/aromatic N) is 2. The highest BCUT2D eigenvalue weighted by atomic mass is 16.4. The van der Waals surface area contributed by atoms with Crippen molar-refractivity contribution >= 4 is 11.8 Å². The molecule has 100 valence electrons. The van der Waals surface area contributed by atoms with Crippen LogP contribution in [0.4, 0.5) is 5.82 Å². The van der Waals surface area contributed by atoms with E-state index in [1.807, 2.05) is 0 Å². The molecule has 1 saturated carbocycles. The van der Waals surface area contributed by atoms with Crippen molar-refractivity contribution in [2.24, 2.45) is 12.5 Å². The number of nitrogens with one attached hydrogen (secondary N) is 1. The van der Waals surface area contributed by atoms with E-state index in [0.717, 1.165) is 12.8 Å². The van der Waals surface area contributed by atoms with Crippen LogP contribution in [0.15, 0.2) is 0 Å². The average molecular weight is 251 g/mol. The van der Waals surface area contributed by atoms with Gasteiger partial charge in [-0.25, -0.2) is 4.79 Å². The molecule has 5 nitrogen and oxygen atoms in total. The summed E-state index contributed by atoms with van der Waals surface area (Å²) in [5.74, 6) is -0.289. The van der Waals surface area contributed by atoms with Crippen molar-refractivity contribution < 1.29 is 9.90 Å². The fourth-order valence-corrected chi connectivity index (χ4v) is 2.83. The zero-order valence-corrected chi connectivity index (χ0v) is 11.4. The number of anilines is 1. The highest BCUT2D eigenvalue weighted by molar-refractivity contribution is 5.94. The Morgan fingerprint density at radius 2 is 2.22 bits per heavy atom. The van der Waals surface area contributed by atoms with E-state index in [4.69, 9.17) is 0 Å². The van der Waals surface area contributed by atoms with Crippen LogP contribution in [-0.2, 0) is 7.05 Å². The minimum absolute atomic E-state index is 0.294. The summed E-state index contributed by atoms with van der Waals surface area (Å²) in [6.45, 7) is 6.23. The summed E-state index contributed by atoms with van der Waals surface area (Å²) < 4.78 is 1.63. The van der Waals surface area contributed by atoms with Gasteiger partial charge >= 0.3 is 5.97 Å². The normalized spacial score (nSPS) is 22.1. The van der Waals surface area contributed by atoms with Gasteiger partial charge in [0.1, 0.15) is 11.4 Å². The monoisotopic (exact) mass is 251 g/mol. The van der Waals surface area contributed by atoms with E-state index in [-0.39, 0.29) is 0 Å². The number of carboxylic acid groups (broad SMARTS) is 1. The predicted molar refractivity (Wildman–Crippen MR) is 69.9 cm³/mol. The molecule has 0 bridgehead atoms. The van der Waals surface area contributed by atoms with Gasteiger partial charge < -0.3 is 10.4 Å². The van der Waals surface area contributed by atoms with E-state index in [2.05, 4.69) is 24.3 Å². The predicted octanol–water partition coefficient (Wildman–Crippen LogP) is 2.42. The lowest BCUT2D eigenvalue weighted by molar-refractivity contribution is 0.0697. The molecule has 0 radical (unpaired) electrons. The van der Waals surface area contributed by atoms with Crippen LogP contribution in [0.1, 0.15) is 49.2 Å². The molecule has 1 heterocycles. The van der Waals surface area contributed by atoms with E-state index in [1.165, 1.54) is 6.42 Å². The van der Waals surface area contributed by atoms with Gasteiger partial charge in [-0.3, -0.25) is 4.68 Å². The van der Waals surface area contributed by atoms with Crippen LogP contribution < -0.4 is 5.32 Å². The number of carbonyl (C=O) groups is 1. The van der Waals surface area contributed by atoms with Gasteiger partial charge in [0.2, 0.25) is 0 Å². The zero-order valence-electron chi connectivity index (χ0n) is 11.4. The van der Waals surface area contributed by atoms with Crippen LogP contribution in [0.3, 0.4) is 0 Å². The highest BCUT2D eigenvalue weighted by Gasteiger charge is 2.32. The number of carboxylic acids is 1. The summed E-state index contributed by atoms with van der Waals surface area (Å²) in [6, 6.07) is 0.341. The number of aryl methyl sites for hydroxylation is 2. The van der Waals surface area contributed by atoms with E-state index in [0.29, 0.717) is 28.5 Å². The third-order valence-corrected chi connectivity index (χ3v) is 3.75. The number of rotatable bonds is 3. The van der Waals surface area contributed by atoms with Gasteiger partial charge in [-0.1, -0.05) is 13.8 Å². The molecule has 2 N–H and O–H groups in total. The molecule has 18 heavy (non-hydrogen) atoms. The summed E-state index contributed by atoms with van der Waals surface area (Å²) in [5.41, 5.74) is 1.20. The SMILES string of the molecule is Cc1nn(C)c(NC2CCC(C)(C)C2)c1C(=O)O. The van der Waals surface area contributed by atoms with Crippen molar-refractivity contribution in [3.05, 3.63) is 11.3 Å². The second kappa shape index (κ2) is 4.30. The summed E-state index contributed by atoms with van der Waals surface area (Å²) in [6.07, 6.45) is 3.32. The lowest BCUT2D eigenvalue weighted by atomic mass is 9.92. The van der Waals surface area contributed by atoms with Gasteiger partial charge in [0.15, 0.2) is 0 Å². The molecule has 0 amide bonds. The van der Waals surface area contributed by atoms with Crippen molar-refractivity contribution in [3.63, 3.8) is 0 Å². The van der Waals surface area contributed by atoms with Crippen molar-refractivity contribution in [1.29, 1.82) is 0 Å². The van der Waals surface area contributed by atoms with Gasteiger partial charge in [-0.2, -0.15) is 5.10 Å². The Kier molecular flexibility index (Phi) is 3.09. The summed E-state index contributed by atoms with van der Waals surface area (Å²) in [4.78, 5) is 11.3. The fraction of sp³-hybridized carbons (Fsp3) is 0.692. The first-order valence-corrected chi connectivity index (χ1v) is 6.33. The van der Waals surface area contributed by atoms with Crippen LogP contribution in [0.25, 0.3) is 0 Å². The third kappa shape index (κ3) is 2.35. The molecule has 1 aliphatic carbocycles. The maximum absolute atomic E-state index is 11.3. The molecule has 1 aromatic heterocycles. The molecular formula is C13H21N3O2. The lowest BCUT2D eigenvalue weighted by Crippen LogP contribution is -2.21. The number of aromatic carboxylic acids is 1. The molecule has 5 heteroatoms. The van der Waals surface area contributed by atoms with Crippen LogP contribution >= 0.6 is 0 Å². The second-order valence-corrected chi connectivity index (χ2v) is 5.99. The Morgan fingerprint density at radius 1 is 1.56 bits per heavy atom. The number of hydrogen-bond acceptors (Lipinski definition) is 3. The molecule has 1 unspecified atom stereocenters. The largest absolute Gasteiger partial charge is 0.477 e. The Balaban J connectivity index is 2.22. The first kappa shape index (κ1) is 12.9. The van der Waals surface area contributed by atoms with Crippen LogP contribution in [-0.4, -0.2) is 26.9 Å². The maximum atomic E-state index is 11.3. The van der Waals surface area contributed by atoms with Gasteiger partial charge in [-0.05, 0) is 31.6 Å². The minimum Gasteiger partial charge on any atom is -0.477 e. The quantitative estimate of drug-likeness (QED) is 0.865. The van der Waals surface area contributed by atoms with Gasteiger partial charge in [0.25, 0.3) is 0 Å². The summed E-state index contributed by atoms with van der Waals surface area (Å²) in [5, 5.41) is 16.8. The highest BCUT2D eigenvalue weighted by Crippen LogP contribution is 2.38. The Hall–Kier alpha value is -1.52. The molecule has 0 saturated heterocycles. The average Bonchev–Trinajstić information content (AvgIpc) is 2.68. The standard InChI is InChI=1S/C13H21N3O2/c1-8-10(12(17)18)11(16(4)15-8)14-9-5-6-13(2,3)7-9/h9,14H,5-7H2,1-4H3,(H,17,18). The summed E-state index contributed by atoms with van der Waals surface area (Å²) in [7, 11) is 1.78. The first-order valence-electron chi connectivity index (χ1n) is 6.33.